The van der Waals surface area contributed by atoms with Crippen LogP contribution in [0.3, 0.4) is 0 Å². The number of rotatable bonds is 1. The first-order chi connectivity index (χ1) is 7.56. The number of nitrogens with zero attached hydrogens (tertiary/aromatic N) is 2. The number of amides is 1. The summed E-state index contributed by atoms with van der Waals surface area (Å²) in [4.78, 5) is 11.7. The molecule has 0 radical (unpaired) electrons. The van der Waals surface area contributed by atoms with Crippen molar-refractivity contribution >= 4 is 34.2 Å². The molecule has 1 heterocycles. The second kappa shape index (κ2) is 5.66. The maximum atomic E-state index is 11.7. The number of nitrogens with one attached hydrogen (secondary N) is 1. The molecule has 1 amide bonds. The van der Waals surface area contributed by atoms with E-state index in [4.69, 9.17) is 12.2 Å². The van der Waals surface area contributed by atoms with Gasteiger partial charge in [0.05, 0.1) is 0 Å². The fraction of sp³-hybridized carbons (Fsp3) is 0.222. The number of aromatic nitrogens is 1. The Bertz CT molecular complexity index is 411. The number of hydrogen-bond donors (Lipinski definition) is 1. The largest absolute Gasteiger partial charge is 0.618 e. The molecule has 7 heteroatoms. The van der Waals surface area contributed by atoms with E-state index in [1.54, 1.807) is 25.4 Å². The highest BCUT2D eigenvalue weighted by Crippen LogP contribution is 2.00. The summed E-state index contributed by atoms with van der Waals surface area (Å²) in [5, 5.41) is 12.7. The molecule has 0 aromatic carbocycles. The van der Waals surface area contributed by atoms with Crippen molar-refractivity contribution in [3.05, 3.63) is 35.3 Å². The zero-order valence-electron chi connectivity index (χ0n) is 8.84. The quantitative estimate of drug-likeness (QED) is 0.344. The molecule has 0 unspecified atom stereocenters. The van der Waals surface area contributed by atoms with Gasteiger partial charge in [-0.15, -0.1) is 0 Å². The van der Waals surface area contributed by atoms with Gasteiger partial charge in [-0.3, -0.25) is 15.2 Å². The molecule has 1 rings (SSSR count). The lowest BCUT2D eigenvalue weighted by molar-refractivity contribution is -0.607. The van der Waals surface area contributed by atoms with Gasteiger partial charge in [-0.2, -0.15) is 4.73 Å². The lowest BCUT2D eigenvalue weighted by Gasteiger charge is -2.18. The van der Waals surface area contributed by atoms with Crippen molar-refractivity contribution in [1.82, 2.24) is 10.4 Å². The van der Waals surface area contributed by atoms with Gasteiger partial charge in [0.1, 0.15) is 0 Å². The van der Waals surface area contributed by atoms with E-state index in [9.17, 15) is 10.0 Å². The average molecular weight is 257 g/mol. The highest BCUT2D eigenvalue weighted by atomic mass is 32.2. The third kappa shape index (κ3) is 3.07. The molecule has 0 spiro atoms. The van der Waals surface area contributed by atoms with Crippen LogP contribution in [0, 0.1) is 5.21 Å². The van der Waals surface area contributed by atoms with Gasteiger partial charge in [0.2, 0.25) is 0 Å². The Labute approximate surface area is 103 Å². The molecule has 0 fully saturated rings. The Hall–Kier alpha value is -1.34. The van der Waals surface area contributed by atoms with Gasteiger partial charge in [-0.1, -0.05) is 24.0 Å². The summed E-state index contributed by atoms with van der Waals surface area (Å²) in [6, 6.07) is 4.62. The zero-order chi connectivity index (χ0) is 12.1. The molecule has 0 aliphatic carbocycles. The summed E-state index contributed by atoms with van der Waals surface area (Å²) < 4.78 is 1.02. The number of hydrogen-bond acceptors (Lipinski definition) is 4. The smallest absolute Gasteiger partial charge is 0.335 e. The van der Waals surface area contributed by atoms with Gasteiger partial charge < -0.3 is 5.21 Å². The van der Waals surface area contributed by atoms with E-state index < -0.39 is 5.91 Å². The summed E-state index contributed by atoms with van der Waals surface area (Å²) in [5.74, 6) is -0.491. The van der Waals surface area contributed by atoms with E-state index in [1.165, 1.54) is 29.0 Å². The van der Waals surface area contributed by atoms with Crippen LogP contribution in [-0.4, -0.2) is 28.5 Å². The Kier molecular flexibility index (Phi) is 4.51. The highest BCUT2D eigenvalue weighted by molar-refractivity contribution is 8.22. The molecular formula is C9H11N3O2S2. The third-order valence-electron chi connectivity index (χ3n) is 1.77. The van der Waals surface area contributed by atoms with Crippen LogP contribution in [0.1, 0.15) is 10.5 Å². The van der Waals surface area contributed by atoms with Gasteiger partial charge in [0, 0.05) is 19.2 Å². The van der Waals surface area contributed by atoms with Crippen LogP contribution >= 0.6 is 24.0 Å². The molecular weight excluding hydrogens is 246 g/mol. The lowest BCUT2D eigenvalue weighted by atomic mass is 10.3. The van der Waals surface area contributed by atoms with E-state index in [1.807, 2.05) is 0 Å². The van der Waals surface area contributed by atoms with E-state index in [0.717, 1.165) is 0 Å². The SMILES string of the molecule is CSC(=S)N(C)NC(=O)c1cccc[n+]1[O-]. The number of carbonyl (C=O) groups excluding carboxylic acids is 1. The van der Waals surface area contributed by atoms with Crippen molar-refractivity contribution < 1.29 is 9.52 Å². The van der Waals surface area contributed by atoms with Crippen LogP contribution in [0.25, 0.3) is 0 Å². The summed E-state index contributed by atoms with van der Waals surface area (Å²) >= 11 is 6.30. The second-order valence-electron chi connectivity index (χ2n) is 2.88. The molecule has 0 aliphatic heterocycles. The first kappa shape index (κ1) is 12.7. The van der Waals surface area contributed by atoms with Crippen LogP contribution in [0.2, 0.25) is 0 Å². The maximum absolute atomic E-state index is 11.7. The second-order valence-corrected chi connectivity index (χ2v) is 4.32. The van der Waals surface area contributed by atoms with Gasteiger partial charge in [-0.05, 0) is 12.3 Å². The third-order valence-corrected chi connectivity index (χ3v) is 3.17. The zero-order valence-corrected chi connectivity index (χ0v) is 10.5. The molecule has 0 atom stereocenters. The van der Waals surface area contributed by atoms with Crippen molar-refractivity contribution in [2.24, 2.45) is 0 Å². The molecule has 0 aliphatic rings. The predicted molar refractivity (Wildman–Crippen MR) is 66.7 cm³/mol. The Morgan fingerprint density at radius 1 is 1.62 bits per heavy atom. The lowest BCUT2D eigenvalue weighted by Crippen LogP contribution is -2.46. The molecule has 0 saturated carbocycles. The molecule has 5 nitrogen and oxygen atoms in total. The fourth-order valence-corrected chi connectivity index (χ4v) is 1.36. The molecule has 0 bridgehead atoms. The Balaban J connectivity index is 2.73. The van der Waals surface area contributed by atoms with Crippen molar-refractivity contribution in [3.63, 3.8) is 0 Å². The first-order valence-electron chi connectivity index (χ1n) is 4.37. The molecule has 0 saturated heterocycles. The van der Waals surface area contributed by atoms with Crippen molar-refractivity contribution in [2.75, 3.05) is 13.3 Å². The molecule has 1 N–H and O–H groups in total. The van der Waals surface area contributed by atoms with Gasteiger partial charge >= 0.3 is 5.91 Å². The van der Waals surface area contributed by atoms with Gasteiger partial charge in [-0.25, -0.2) is 0 Å². The van der Waals surface area contributed by atoms with Crippen LogP contribution in [0.15, 0.2) is 24.4 Å². The number of hydrazine groups is 1. The molecule has 86 valence electrons. The normalized spacial score (nSPS) is 9.62. The van der Waals surface area contributed by atoms with E-state index in [0.29, 0.717) is 9.05 Å². The Morgan fingerprint density at radius 3 is 2.88 bits per heavy atom. The van der Waals surface area contributed by atoms with Crippen molar-refractivity contribution in [3.8, 4) is 0 Å². The summed E-state index contributed by atoms with van der Waals surface area (Å²) in [5.41, 5.74) is 2.53. The van der Waals surface area contributed by atoms with E-state index >= 15 is 0 Å². The maximum Gasteiger partial charge on any atom is 0.335 e. The monoisotopic (exact) mass is 257 g/mol. The summed E-state index contributed by atoms with van der Waals surface area (Å²) in [6.07, 6.45) is 3.07. The predicted octanol–water partition coefficient (Wildman–Crippen LogP) is 0.544. The van der Waals surface area contributed by atoms with E-state index in [2.05, 4.69) is 5.43 Å². The highest BCUT2D eigenvalue weighted by Gasteiger charge is 2.17. The van der Waals surface area contributed by atoms with Crippen LogP contribution in [0.5, 0.6) is 0 Å². The van der Waals surface area contributed by atoms with Crippen molar-refractivity contribution in [2.45, 2.75) is 0 Å². The number of carbonyl (C=O) groups is 1. The van der Waals surface area contributed by atoms with Crippen molar-refractivity contribution in [1.29, 1.82) is 0 Å². The fourth-order valence-electron chi connectivity index (χ4n) is 0.996. The number of thioether (sulfide) groups is 1. The van der Waals surface area contributed by atoms with Crippen LogP contribution in [0.4, 0.5) is 0 Å². The number of thiocarbonyl (C=S) groups is 1. The molecule has 16 heavy (non-hydrogen) atoms. The first-order valence-corrected chi connectivity index (χ1v) is 6.00. The van der Waals surface area contributed by atoms with Crippen LogP contribution in [-0.2, 0) is 0 Å². The summed E-state index contributed by atoms with van der Waals surface area (Å²) in [7, 11) is 1.62. The minimum absolute atomic E-state index is 0.0262. The number of pyridine rings is 1. The van der Waals surface area contributed by atoms with E-state index in [-0.39, 0.29) is 5.69 Å². The van der Waals surface area contributed by atoms with Gasteiger partial charge in [0.15, 0.2) is 10.5 Å². The minimum Gasteiger partial charge on any atom is -0.618 e. The van der Waals surface area contributed by atoms with Crippen LogP contribution < -0.4 is 10.2 Å². The molecule has 1 aromatic heterocycles. The summed E-state index contributed by atoms with van der Waals surface area (Å²) in [6.45, 7) is 0. The topological polar surface area (TPSA) is 59.3 Å². The minimum atomic E-state index is -0.491. The Morgan fingerprint density at radius 2 is 2.31 bits per heavy atom. The average Bonchev–Trinajstić information content (AvgIpc) is 2.28. The standard InChI is InChI=1S/C9H11N3O2S2/c1-11(9(15)16-2)10-8(13)7-5-3-4-6-12(7)14/h3-6H,1-2H3,(H,10,13). The van der Waals surface area contributed by atoms with Gasteiger partial charge in [0.25, 0.3) is 5.69 Å². The molecule has 1 aromatic rings.